The lowest BCUT2D eigenvalue weighted by molar-refractivity contribution is -0.140. The SMILES string of the molecule is CC1CCN(C(=O)c2cnn(C(C)C(=O)O)c2)CC1. The van der Waals surface area contributed by atoms with Gasteiger partial charge in [-0.1, -0.05) is 6.92 Å². The Labute approximate surface area is 112 Å². The van der Waals surface area contributed by atoms with Crippen LogP contribution in [0.5, 0.6) is 0 Å². The lowest BCUT2D eigenvalue weighted by Gasteiger charge is -2.29. The number of rotatable bonds is 3. The molecule has 0 aliphatic carbocycles. The van der Waals surface area contributed by atoms with E-state index < -0.39 is 12.0 Å². The van der Waals surface area contributed by atoms with E-state index in [1.165, 1.54) is 24.0 Å². The van der Waals surface area contributed by atoms with Crippen molar-refractivity contribution < 1.29 is 14.7 Å². The van der Waals surface area contributed by atoms with Crippen molar-refractivity contribution in [3.05, 3.63) is 18.0 Å². The summed E-state index contributed by atoms with van der Waals surface area (Å²) in [6, 6.07) is -0.761. The number of amides is 1. The highest BCUT2D eigenvalue weighted by Crippen LogP contribution is 2.18. The van der Waals surface area contributed by atoms with Crippen LogP contribution in [-0.4, -0.2) is 44.8 Å². The van der Waals surface area contributed by atoms with Gasteiger partial charge in [0, 0.05) is 19.3 Å². The minimum absolute atomic E-state index is 0.0595. The van der Waals surface area contributed by atoms with Crippen molar-refractivity contribution in [2.24, 2.45) is 5.92 Å². The summed E-state index contributed by atoms with van der Waals surface area (Å²) < 4.78 is 1.31. The van der Waals surface area contributed by atoms with Crippen LogP contribution < -0.4 is 0 Å². The highest BCUT2D eigenvalue weighted by molar-refractivity contribution is 5.93. The summed E-state index contributed by atoms with van der Waals surface area (Å²) in [6.45, 7) is 5.25. The van der Waals surface area contributed by atoms with Crippen molar-refractivity contribution in [1.29, 1.82) is 0 Å². The smallest absolute Gasteiger partial charge is 0.328 e. The number of nitrogens with zero attached hydrogens (tertiary/aromatic N) is 3. The minimum atomic E-state index is -0.964. The summed E-state index contributed by atoms with van der Waals surface area (Å²) in [5, 5.41) is 12.9. The fraction of sp³-hybridized carbons (Fsp3) is 0.615. The molecule has 1 amide bonds. The second-order valence-electron chi connectivity index (χ2n) is 5.20. The Bertz CT molecular complexity index is 475. The van der Waals surface area contributed by atoms with E-state index in [-0.39, 0.29) is 5.91 Å². The molecule has 19 heavy (non-hydrogen) atoms. The number of piperidine rings is 1. The van der Waals surface area contributed by atoms with Gasteiger partial charge in [0.15, 0.2) is 0 Å². The number of hydrogen-bond donors (Lipinski definition) is 1. The number of hydrogen-bond acceptors (Lipinski definition) is 3. The Kier molecular flexibility index (Phi) is 3.87. The van der Waals surface area contributed by atoms with Crippen LogP contribution in [0.15, 0.2) is 12.4 Å². The number of carbonyl (C=O) groups is 2. The van der Waals surface area contributed by atoms with E-state index >= 15 is 0 Å². The maximum Gasteiger partial charge on any atom is 0.328 e. The van der Waals surface area contributed by atoms with Crippen LogP contribution in [0, 0.1) is 5.92 Å². The number of carboxylic acids is 1. The third kappa shape index (κ3) is 2.94. The average molecular weight is 265 g/mol. The van der Waals surface area contributed by atoms with Gasteiger partial charge in [-0.25, -0.2) is 4.79 Å². The topological polar surface area (TPSA) is 75.4 Å². The van der Waals surface area contributed by atoms with E-state index in [2.05, 4.69) is 12.0 Å². The molecule has 1 N–H and O–H groups in total. The van der Waals surface area contributed by atoms with E-state index in [1.54, 1.807) is 0 Å². The maximum absolute atomic E-state index is 12.2. The summed E-state index contributed by atoms with van der Waals surface area (Å²) in [5.74, 6) is -0.358. The molecule has 1 aromatic rings. The first-order valence-electron chi connectivity index (χ1n) is 6.55. The van der Waals surface area contributed by atoms with Gasteiger partial charge in [0.2, 0.25) is 0 Å². The molecule has 1 aromatic heterocycles. The van der Waals surface area contributed by atoms with E-state index in [4.69, 9.17) is 5.11 Å². The predicted octanol–water partition coefficient (Wildman–Crippen LogP) is 1.40. The Morgan fingerprint density at radius 2 is 2.05 bits per heavy atom. The fourth-order valence-electron chi connectivity index (χ4n) is 2.17. The van der Waals surface area contributed by atoms with E-state index in [0.29, 0.717) is 11.5 Å². The van der Waals surface area contributed by atoms with Crippen LogP contribution in [0.1, 0.15) is 43.1 Å². The second kappa shape index (κ2) is 5.42. The second-order valence-corrected chi connectivity index (χ2v) is 5.20. The summed E-state index contributed by atoms with van der Waals surface area (Å²) in [7, 11) is 0. The van der Waals surface area contributed by atoms with Gasteiger partial charge in [-0.05, 0) is 25.7 Å². The van der Waals surface area contributed by atoms with Crippen LogP contribution in [0.4, 0.5) is 0 Å². The van der Waals surface area contributed by atoms with Gasteiger partial charge in [-0.15, -0.1) is 0 Å². The molecule has 1 aliphatic heterocycles. The average Bonchev–Trinajstić information content (AvgIpc) is 2.87. The van der Waals surface area contributed by atoms with Crippen LogP contribution in [-0.2, 0) is 4.79 Å². The quantitative estimate of drug-likeness (QED) is 0.896. The standard InChI is InChI=1S/C13H19N3O3/c1-9-3-5-15(6-4-9)12(17)11-7-14-16(8-11)10(2)13(18)19/h7-10H,3-6H2,1-2H3,(H,18,19). The summed E-state index contributed by atoms with van der Waals surface area (Å²) in [5.41, 5.74) is 0.461. The van der Waals surface area contributed by atoms with Crippen molar-refractivity contribution >= 4 is 11.9 Å². The van der Waals surface area contributed by atoms with Crippen LogP contribution in [0.2, 0.25) is 0 Å². The zero-order chi connectivity index (χ0) is 14.0. The molecule has 1 saturated heterocycles. The van der Waals surface area contributed by atoms with Gasteiger partial charge < -0.3 is 10.0 Å². The van der Waals surface area contributed by atoms with E-state index in [9.17, 15) is 9.59 Å². The first-order valence-corrected chi connectivity index (χ1v) is 6.55. The monoisotopic (exact) mass is 265 g/mol. The van der Waals surface area contributed by atoms with Crippen LogP contribution in [0.3, 0.4) is 0 Å². The molecule has 2 rings (SSSR count). The highest BCUT2D eigenvalue weighted by Gasteiger charge is 2.23. The summed E-state index contributed by atoms with van der Waals surface area (Å²) in [6.07, 6.45) is 5.00. The third-order valence-electron chi connectivity index (χ3n) is 3.67. The lowest BCUT2D eigenvalue weighted by atomic mass is 9.99. The predicted molar refractivity (Wildman–Crippen MR) is 68.9 cm³/mol. The van der Waals surface area contributed by atoms with Gasteiger partial charge in [0.25, 0.3) is 5.91 Å². The molecule has 1 aliphatic rings. The Morgan fingerprint density at radius 3 is 2.63 bits per heavy atom. The summed E-state index contributed by atoms with van der Waals surface area (Å²) in [4.78, 5) is 24.9. The van der Waals surface area contributed by atoms with Gasteiger partial charge >= 0.3 is 5.97 Å². The maximum atomic E-state index is 12.2. The molecule has 1 atom stereocenters. The van der Waals surface area contributed by atoms with E-state index in [1.807, 2.05) is 4.90 Å². The Morgan fingerprint density at radius 1 is 1.42 bits per heavy atom. The van der Waals surface area contributed by atoms with Crippen molar-refractivity contribution in [1.82, 2.24) is 14.7 Å². The Balaban J connectivity index is 2.06. The molecule has 0 bridgehead atoms. The molecule has 6 heteroatoms. The number of carboxylic acid groups (broad SMARTS) is 1. The number of aromatic nitrogens is 2. The van der Waals surface area contributed by atoms with Crippen molar-refractivity contribution in [3.63, 3.8) is 0 Å². The Hall–Kier alpha value is -1.85. The molecule has 104 valence electrons. The molecule has 0 radical (unpaired) electrons. The number of aliphatic carboxylic acids is 1. The first kappa shape index (κ1) is 13.6. The molecule has 0 saturated carbocycles. The largest absolute Gasteiger partial charge is 0.480 e. The van der Waals surface area contributed by atoms with Crippen molar-refractivity contribution in [2.75, 3.05) is 13.1 Å². The molecular formula is C13H19N3O3. The normalized spacial score (nSPS) is 18.3. The highest BCUT2D eigenvalue weighted by atomic mass is 16.4. The molecule has 6 nitrogen and oxygen atoms in total. The van der Waals surface area contributed by atoms with Crippen molar-refractivity contribution in [3.8, 4) is 0 Å². The molecule has 0 spiro atoms. The molecule has 1 unspecified atom stereocenters. The third-order valence-corrected chi connectivity index (χ3v) is 3.67. The first-order chi connectivity index (χ1) is 8.99. The van der Waals surface area contributed by atoms with Crippen LogP contribution >= 0.6 is 0 Å². The van der Waals surface area contributed by atoms with Crippen molar-refractivity contribution in [2.45, 2.75) is 32.7 Å². The van der Waals surface area contributed by atoms with Gasteiger partial charge in [-0.3, -0.25) is 9.48 Å². The van der Waals surface area contributed by atoms with Crippen LogP contribution in [0.25, 0.3) is 0 Å². The van der Waals surface area contributed by atoms with Gasteiger partial charge in [-0.2, -0.15) is 5.10 Å². The zero-order valence-electron chi connectivity index (χ0n) is 11.2. The fourth-order valence-corrected chi connectivity index (χ4v) is 2.17. The summed E-state index contributed by atoms with van der Waals surface area (Å²) >= 11 is 0. The van der Waals surface area contributed by atoms with E-state index in [0.717, 1.165) is 25.9 Å². The van der Waals surface area contributed by atoms with Gasteiger partial charge in [0.05, 0.1) is 11.8 Å². The lowest BCUT2D eigenvalue weighted by Crippen LogP contribution is -2.37. The zero-order valence-corrected chi connectivity index (χ0v) is 11.2. The molecular weight excluding hydrogens is 246 g/mol. The number of carbonyl (C=O) groups excluding carboxylic acids is 1. The minimum Gasteiger partial charge on any atom is -0.480 e. The van der Waals surface area contributed by atoms with Gasteiger partial charge in [0.1, 0.15) is 6.04 Å². The molecule has 0 aromatic carbocycles. The number of likely N-dealkylation sites (tertiary alicyclic amines) is 1. The molecule has 2 heterocycles. The molecule has 1 fully saturated rings.